The third kappa shape index (κ3) is 4.42. The monoisotopic (exact) mass is 280 g/mol. The van der Waals surface area contributed by atoms with Crippen LogP contribution in [-0.2, 0) is 10.2 Å². The Morgan fingerprint density at radius 3 is 2.40 bits per heavy atom. The van der Waals surface area contributed by atoms with Crippen molar-refractivity contribution in [3.05, 3.63) is 23.8 Å². The molecule has 4 N–H and O–H groups in total. The Labute approximate surface area is 120 Å². The van der Waals surface area contributed by atoms with Crippen LogP contribution in [-0.4, -0.2) is 23.3 Å². The minimum absolute atomic E-state index is 0.00701. The molecule has 0 bridgehead atoms. The van der Waals surface area contributed by atoms with E-state index in [1.165, 1.54) is 0 Å². The number of anilines is 1. The Hall–Kier alpha value is -1.75. The van der Waals surface area contributed by atoms with Gasteiger partial charge in [0.1, 0.15) is 11.4 Å². The van der Waals surface area contributed by atoms with Crippen molar-refractivity contribution in [3.8, 4) is 5.75 Å². The zero-order valence-electron chi connectivity index (χ0n) is 12.8. The third-order valence-electron chi connectivity index (χ3n) is 2.92. The van der Waals surface area contributed by atoms with Crippen LogP contribution in [0, 0.1) is 0 Å². The summed E-state index contributed by atoms with van der Waals surface area (Å²) in [5, 5.41) is 12.4. The van der Waals surface area contributed by atoms with E-state index < -0.39 is 11.7 Å². The van der Waals surface area contributed by atoms with Gasteiger partial charge in [-0.3, -0.25) is 5.32 Å². The quantitative estimate of drug-likeness (QED) is 0.743. The second-order valence-corrected chi connectivity index (χ2v) is 6.45. The molecule has 0 spiro atoms. The predicted octanol–water partition coefficient (Wildman–Crippen LogP) is 2.98. The Morgan fingerprint density at radius 1 is 1.30 bits per heavy atom. The van der Waals surface area contributed by atoms with Crippen molar-refractivity contribution < 1.29 is 14.6 Å². The summed E-state index contributed by atoms with van der Waals surface area (Å²) in [5.41, 5.74) is 6.16. The van der Waals surface area contributed by atoms with Crippen molar-refractivity contribution in [2.45, 2.75) is 45.6 Å². The van der Waals surface area contributed by atoms with Gasteiger partial charge in [-0.25, -0.2) is 4.79 Å². The number of phenols is 1. The highest BCUT2D eigenvalue weighted by molar-refractivity contribution is 5.87. The van der Waals surface area contributed by atoms with Gasteiger partial charge in [0.05, 0.1) is 5.69 Å². The van der Waals surface area contributed by atoms with E-state index in [4.69, 9.17) is 10.5 Å². The summed E-state index contributed by atoms with van der Waals surface area (Å²) < 4.78 is 5.16. The second-order valence-electron chi connectivity index (χ2n) is 6.45. The first kappa shape index (κ1) is 16.3. The van der Waals surface area contributed by atoms with Crippen LogP contribution in [0.15, 0.2) is 18.2 Å². The first-order valence-electron chi connectivity index (χ1n) is 6.59. The van der Waals surface area contributed by atoms with E-state index in [0.29, 0.717) is 12.2 Å². The standard InChI is InChI=1S/C15H24N2O3/c1-14(2,3)20-13(19)17-11-8-10(6-7-12(11)18)15(4,5)9-16/h6-8,18H,9,16H2,1-5H3,(H,17,19). The molecule has 1 amide bonds. The lowest BCUT2D eigenvalue weighted by molar-refractivity contribution is 0.0635. The fourth-order valence-electron chi connectivity index (χ4n) is 1.59. The lowest BCUT2D eigenvalue weighted by Crippen LogP contribution is -2.29. The molecule has 0 aromatic heterocycles. The summed E-state index contributed by atoms with van der Waals surface area (Å²) in [6, 6.07) is 5.05. The van der Waals surface area contributed by atoms with Gasteiger partial charge in [-0.15, -0.1) is 0 Å². The molecule has 112 valence electrons. The second kappa shape index (κ2) is 5.71. The molecule has 0 heterocycles. The number of rotatable bonds is 3. The fourth-order valence-corrected chi connectivity index (χ4v) is 1.59. The van der Waals surface area contributed by atoms with Crippen molar-refractivity contribution >= 4 is 11.8 Å². The van der Waals surface area contributed by atoms with Gasteiger partial charge in [-0.2, -0.15) is 0 Å². The van der Waals surface area contributed by atoms with Gasteiger partial charge in [0, 0.05) is 12.0 Å². The fraction of sp³-hybridized carbons (Fsp3) is 0.533. The number of carbonyl (C=O) groups is 1. The zero-order valence-corrected chi connectivity index (χ0v) is 12.8. The molecule has 5 nitrogen and oxygen atoms in total. The summed E-state index contributed by atoms with van der Waals surface area (Å²) in [6.45, 7) is 9.79. The van der Waals surface area contributed by atoms with E-state index in [1.807, 2.05) is 13.8 Å². The number of benzene rings is 1. The van der Waals surface area contributed by atoms with Crippen LogP contribution in [0.1, 0.15) is 40.2 Å². The lowest BCUT2D eigenvalue weighted by Gasteiger charge is -2.24. The van der Waals surface area contributed by atoms with Crippen LogP contribution in [0.4, 0.5) is 10.5 Å². The molecule has 0 saturated heterocycles. The van der Waals surface area contributed by atoms with Crippen LogP contribution in [0.3, 0.4) is 0 Å². The Bertz CT molecular complexity index is 490. The van der Waals surface area contributed by atoms with E-state index in [1.54, 1.807) is 39.0 Å². The smallest absolute Gasteiger partial charge is 0.412 e. The van der Waals surface area contributed by atoms with E-state index >= 15 is 0 Å². The number of aromatic hydroxyl groups is 1. The Morgan fingerprint density at radius 2 is 1.90 bits per heavy atom. The number of amides is 1. The molecule has 0 fully saturated rings. The molecule has 1 rings (SSSR count). The van der Waals surface area contributed by atoms with Crippen molar-refractivity contribution in [3.63, 3.8) is 0 Å². The number of hydrogen-bond acceptors (Lipinski definition) is 4. The summed E-state index contributed by atoms with van der Waals surface area (Å²) in [4.78, 5) is 11.7. The zero-order chi connectivity index (χ0) is 15.6. The molecular weight excluding hydrogens is 256 g/mol. The number of ether oxygens (including phenoxy) is 1. The van der Waals surface area contributed by atoms with Crippen LogP contribution in [0.5, 0.6) is 5.75 Å². The Kier molecular flexibility index (Phi) is 4.65. The molecule has 0 saturated carbocycles. The van der Waals surface area contributed by atoms with Crippen molar-refractivity contribution in [1.82, 2.24) is 0 Å². The minimum atomic E-state index is -0.601. The molecule has 0 aliphatic rings. The predicted molar refractivity (Wildman–Crippen MR) is 80.0 cm³/mol. The van der Waals surface area contributed by atoms with E-state index in [9.17, 15) is 9.90 Å². The third-order valence-corrected chi connectivity index (χ3v) is 2.92. The van der Waals surface area contributed by atoms with Crippen molar-refractivity contribution in [2.75, 3.05) is 11.9 Å². The highest BCUT2D eigenvalue weighted by Gasteiger charge is 2.21. The highest BCUT2D eigenvalue weighted by Crippen LogP contribution is 2.30. The van der Waals surface area contributed by atoms with E-state index in [2.05, 4.69) is 5.32 Å². The van der Waals surface area contributed by atoms with Crippen LogP contribution in [0.25, 0.3) is 0 Å². The average molecular weight is 280 g/mol. The molecule has 0 radical (unpaired) electrons. The van der Waals surface area contributed by atoms with Gasteiger partial charge in [0.15, 0.2) is 0 Å². The van der Waals surface area contributed by atoms with E-state index in [0.717, 1.165) is 5.56 Å². The van der Waals surface area contributed by atoms with Gasteiger partial charge in [-0.1, -0.05) is 19.9 Å². The maximum atomic E-state index is 11.7. The largest absolute Gasteiger partial charge is 0.506 e. The molecule has 0 unspecified atom stereocenters. The number of nitrogens with one attached hydrogen (secondary N) is 1. The summed E-state index contributed by atoms with van der Waals surface area (Å²) in [6.07, 6.45) is -0.601. The van der Waals surface area contributed by atoms with Crippen LogP contribution >= 0.6 is 0 Å². The lowest BCUT2D eigenvalue weighted by atomic mass is 9.84. The summed E-state index contributed by atoms with van der Waals surface area (Å²) >= 11 is 0. The normalized spacial score (nSPS) is 12.1. The first-order chi connectivity index (χ1) is 9.05. The summed E-state index contributed by atoms with van der Waals surface area (Å²) in [5.74, 6) is -0.00701. The van der Waals surface area contributed by atoms with Crippen molar-refractivity contribution in [1.29, 1.82) is 0 Å². The molecule has 0 aliphatic heterocycles. The first-order valence-corrected chi connectivity index (χ1v) is 6.59. The molecule has 20 heavy (non-hydrogen) atoms. The van der Waals surface area contributed by atoms with Crippen LogP contribution < -0.4 is 11.1 Å². The molecule has 0 atom stereocenters. The topological polar surface area (TPSA) is 84.6 Å². The molecule has 1 aromatic carbocycles. The molecule has 5 heteroatoms. The number of carbonyl (C=O) groups excluding carboxylic acids is 1. The molecular formula is C15H24N2O3. The average Bonchev–Trinajstić information content (AvgIpc) is 2.29. The van der Waals surface area contributed by atoms with Gasteiger partial charge >= 0.3 is 6.09 Å². The van der Waals surface area contributed by atoms with Gasteiger partial charge in [-0.05, 0) is 38.5 Å². The summed E-state index contributed by atoms with van der Waals surface area (Å²) in [7, 11) is 0. The SMILES string of the molecule is CC(C)(C)OC(=O)Nc1cc(C(C)(C)CN)ccc1O. The van der Waals surface area contributed by atoms with Gasteiger partial charge < -0.3 is 15.6 Å². The molecule has 0 aliphatic carbocycles. The molecule has 1 aromatic rings. The van der Waals surface area contributed by atoms with E-state index in [-0.39, 0.29) is 11.2 Å². The number of nitrogens with two attached hydrogens (primary N) is 1. The van der Waals surface area contributed by atoms with Gasteiger partial charge in [0.2, 0.25) is 0 Å². The minimum Gasteiger partial charge on any atom is -0.506 e. The highest BCUT2D eigenvalue weighted by atomic mass is 16.6. The Balaban J connectivity index is 2.96. The van der Waals surface area contributed by atoms with Crippen molar-refractivity contribution in [2.24, 2.45) is 5.73 Å². The van der Waals surface area contributed by atoms with Crippen LogP contribution in [0.2, 0.25) is 0 Å². The maximum absolute atomic E-state index is 11.7. The van der Waals surface area contributed by atoms with Gasteiger partial charge in [0.25, 0.3) is 0 Å². The number of phenolic OH excluding ortho intramolecular Hbond substituents is 1. The number of hydrogen-bond donors (Lipinski definition) is 3. The maximum Gasteiger partial charge on any atom is 0.412 e.